The summed E-state index contributed by atoms with van der Waals surface area (Å²) in [6, 6.07) is 9.61. The topological polar surface area (TPSA) is 70.8 Å². The van der Waals surface area contributed by atoms with Crippen LogP contribution in [0.3, 0.4) is 0 Å². The lowest BCUT2D eigenvalue weighted by atomic mass is 10.2. The number of hydrogen-bond acceptors (Lipinski definition) is 5. The zero-order valence-electron chi connectivity index (χ0n) is 12.0. The molecule has 0 radical (unpaired) electrons. The first-order valence-corrected chi connectivity index (χ1v) is 6.95. The van der Waals surface area contributed by atoms with E-state index < -0.39 is 0 Å². The van der Waals surface area contributed by atoms with Gasteiger partial charge in [-0.2, -0.15) is 5.26 Å². The Bertz CT molecular complexity index is 587. The van der Waals surface area contributed by atoms with Crippen LogP contribution in [0, 0.1) is 11.3 Å². The third-order valence-corrected chi connectivity index (χ3v) is 2.85. The van der Waals surface area contributed by atoms with E-state index in [9.17, 15) is 0 Å². The minimum atomic E-state index is 0.374. The van der Waals surface area contributed by atoms with Gasteiger partial charge in [0.2, 0.25) is 0 Å². The molecule has 0 bridgehead atoms. The number of nitrogens with one attached hydrogen (secondary N) is 1. The number of anilines is 1. The van der Waals surface area contributed by atoms with Gasteiger partial charge in [-0.05, 0) is 24.1 Å². The van der Waals surface area contributed by atoms with Crippen LogP contribution in [0.2, 0.25) is 0 Å². The summed E-state index contributed by atoms with van der Waals surface area (Å²) < 4.78 is 5.64. The molecule has 5 nitrogen and oxygen atoms in total. The van der Waals surface area contributed by atoms with Crippen molar-refractivity contribution in [1.82, 2.24) is 9.97 Å². The van der Waals surface area contributed by atoms with E-state index in [1.165, 1.54) is 0 Å². The summed E-state index contributed by atoms with van der Waals surface area (Å²) in [5.41, 5.74) is 1.76. The van der Waals surface area contributed by atoms with Crippen molar-refractivity contribution >= 4 is 5.82 Å². The molecule has 1 heterocycles. The summed E-state index contributed by atoms with van der Waals surface area (Å²) in [5.74, 6) is 1.54. The maximum Gasteiger partial charge on any atom is 0.144 e. The molecule has 5 heteroatoms. The third-order valence-electron chi connectivity index (χ3n) is 2.85. The Hall–Kier alpha value is -2.61. The number of rotatable bonds is 7. The first kappa shape index (κ1) is 14.8. The van der Waals surface area contributed by atoms with E-state index in [1.807, 2.05) is 24.3 Å². The fraction of sp³-hybridized carbons (Fsp3) is 0.312. The standard InChI is InChI=1S/C16H18N4O/c1-2-9-18-16-11-19-14(10-20-16)12-21-15-5-3-13(4-6-15)7-8-17/h3-6,10-11H,2,7,9,12H2,1H3,(H,18,20). The number of aromatic nitrogens is 2. The van der Waals surface area contributed by atoms with Gasteiger partial charge in [-0.15, -0.1) is 0 Å². The highest BCUT2D eigenvalue weighted by Gasteiger charge is 2.00. The molecule has 0 fully saturated rings. The maximum absolute atomic E-state index is 8.62. The largest absolute Gasteiger partial charge is 0.487 e. The zero-order valence-corrected chi connectivity index (χ0v) is 12.0. The molecule has 0 aliphatic carbocycles. The second-order valence-corrected chi connectivity index (χ2v) is 4.59. The third kappa shape index (κ3) is 4.77. The second kappa shape index (κ2) is 7.85. The average molecular weight is 282 g/mol. The summed E-state index contributed by atoms with van der Waals surface area (Å²) in [6.45, 7) is 3.36. The first-order chi connectivity index (χ1) is 10.3. The molecule has 1 N–H and O–H groups in total. The molecule has 0 spiro atoms. The number of nitriles is 1. The lowest BCUT2D eigenvalue weighted by Crippen LogP contribution is -2.04. The quantitative estimate of drug-likeness (QED) is 0.845. The molecule has 0 amide bonds. The SMILES string of the molecule is CCCNc1cnc(COc2ccc(CC#N)cc2)cn1. The Morgan fingerprint density at radius 3 is 2.62 bits per heavy atom. The Kier molecular flexibility index (Phi) is 5.53. The number of ether oxygens (including phenoxy) is 1. The van der Waals surface area contributed by atoms with Gasteiger partial charge in [-0.25, -0.2) is 4.98 Å². The smallest absolute Gasteiger partial charge is 0.144 e. The Labute approximate surface area is 124 Å². The van der Waals surface area contributed by atoms with Gasteiger partial charge in [-0.1, -0.05) is 19.1 Å². The van der Waals surface area contributed by atoms with Crippen LogP contribution < -0.4 is 10.1 Å². The molecule has 0 aliphatic rings. The fourth-order valence-corrected chi connectivity index (χ4v) is 1.73. The minimum Gasteiger partial charge on any atom is -0.487 e. The highest BCUT2D eigenvalue weighted by molar-refractivity contribution is 5.31. The van der Waals surface area contributed by atoms with Crippen molar-refractivity contribution in [2.45, 2.75) is 26.4 Å². The van der Waals surface area contributed by atoms with E-state index >= 15 is 0 Å². The molecule has 0 atom stereocenters. The molecule has 0 unspecified atom stereocenters. The van der Waals surface area contributed by atoms with Crippen molar-refractivity contribution in [2.75, 3.05) is 11.9 Å². The molecule has 21 heavy (non-hydrogen) atoms. The molecular weight excluding hydrogens is 264 g/mol. The molecule has 108 valence electrons. The Balaban J connectivity index is 1.86. The van der Waals surface area contributed by atoms with Crippen LogP contribution in [-0.2, 0) is 13.0 Å². The first-order valence-electron chi connectivity index (χ1n) is 6.95. The molecule has 1 aromatic heterocycles. The van der Waals surface area contributed by atoms with Crippen LogP contribution in [0.1, 0.15) is 24.6 Å². The summed E-state index contributed by atoms with van der Waals surface area (Å²) >= 11 is 0. The van der Waals surface area contributed by atoms with Crippen molar-refractivity contribution in [2.24, 2.45) is 0 Å². The molecule has 2 aromatic rings. The molecule has 0 aliphatic heterocycles. The van der Waals surface area contributed by atoms with Gasteiger partial charge in [0.1, 0.15) is 18.2 Å². The molecule has 0 saturated carbocycles. The zero-order chi connectivity index (χ0) is 14.9. The Morgan fingerprint density at radius 2 is 2.00 bits per heavy atom. The molecule has 2 rings (SSSR count). The van der Waals surface area contributed by atoms with Gasteiger partial charge in [0, 0.05) is 6.54 Å². The van der Waals surface area contributed by atoms with Gasteiger partial charge in [-0.3, -0.25) is 4.98 Å². The monoisotopic (exact) mass is 282 g/mol. The van der Waals surface area contributed by atoms with Gasteiger partial charge < -0.3 is 10.1 Å². The van der Waals surface area contributed by atoms with Crippen molar-refractivity contribution in [3.8, 4) is 11.8 Å². The van der Waals surface area contributed by atoms with Crippen molar-refractivity contribution in [3.05, 3.63) is 47.9 Å². The van der Waals surface area contributed by atoms with Crippen LogP contribution in [0.15, 0.2) is 36.7 Å². The maximum atomic E-state index is 8.62. The van der Waals surface area contributed by atoms with Crippen molar-refractivity contribution in [3.63, 3.8) is 0 Å². The molecule has 1 aromatic carbocycles. The van der Waals surface area contributed by atoms with Gasteiger partial charge in [0.25, 0.3) is 0 Å². The fourth-order valence-electron chi connectivity index (χ4n) is 1.73. The van der Waals surface area contributed by atoms with Crippen LogP contribution >= 0.6 is 0 Å². The summed E-state index contributed by atoms with van der Waals surface area (Å²) in [7, 11) is 0. The van der Waals surface area contributed by atoms with E-state index in [0.29, 0.717) is 13.0 Å². The van der Waals surface area contributed by atoms with E-state index in [-0.39, 0.29) is 0 Å². The van der Waals surface area contributed by atoms with Crippen molar-refractivity contribution in [1.29, 1.82) is 5.26 Å². The lowest BCUT2D eigenvalue weighted by Gasteiger charge is -2.07. The van der Waals surface area contributed by atoms with Crippen LogP contribution in [0.5, 0.6) is 5.75 Å². The van der Waals surface area contributed by atoms with Crippen LogP contribution in [-0.4, -0.2) is 16.5 Å². The highest BCUT2D eigenvalue weighted by atomic mass is 16.5. The summed E-state index contributed by atoms with van der Waals surface area (Å²) in [5, 5.41) is 11.8. The normalized spacial score (nSPS) is 9.90. The summed E-state index contributed by atoms with van der Waals surface area (Å²) in [6.07, 6.45) is 4.89. The van der Waals surface area contributed by atoms with Gasteiger partial charge in [0.05, 0.1) is 30.6 Å². The van der Waals surface area contributed by atoms with Crippen molar-refractivity contribution < 1.29 is 4.74 Å². The van der Waals surface area contributed by atoms with Crippen LogP contribution in [0.4, 0.5) is 5.82 Å². The summed E-state index contributed by atoms with van der Waals surface area (Å²) in [4.78, 5) is 8.58. The van der Waals surface area contributed by atoms with E-state index in [4.69, 9.17) is 10.00 Å². The molecular formula is C16H18N4O. The minimum absolute atomic E-state index is 0.374. The van der Waals surface area contributed by atoms with Crippen LogP contribution in [0.25, 0.3) is 0 Å². The average Bonchev–Trinajstić information content (AvgIpc) is 2.53. The highest BCUT2D eigenvalue weighted by Crippen LogP contribution is 2.14. The Morgan fingerprint density at radius 1 is 1.19 bits per heavy atom. The van der Waals surface area contributed by atoms with E-state index in [2.05, 4.69) is 28.3 Å². The van der Waals surface area contributed by atoms with E-state index in [1.54, 1.807) is 12.4 Å². The second-order valence-electron chi connectivity index (χ2n) is 4.59. The molecule has 0 saturated heterocycles. The van der Waals surface area contributed by atoms with Gasteiger partial charge in [0.15, 0.2) is 0 Å². The van der Waals surface area contributed by atoms with Gasteiger partial charge >= 0.3 is 0 Å². The number of hydrogen-bond donors (Lipinski definition) is 1. The lowest BCUT2D eigenvalue weighted by molar-refractivity contribution is 0.301. The van der Waals surface area contributed by atoms with E-state index in [0.717, 1.165) is 35.8 Å². The number of nitrogens with zero attached hydrogens (tertiary/aromatic N) is 3. The predicted molar refractivity (Wildman–Crippen MR) is 80.9 cm³/mol. The predicted octanol–water partition coefficient (Wildman–Crippen LogP) is 2.94. The number of benzene rings is 1.